The van der Waals surface area contributed by atoms with E-state index in [2.05, 4.69) is 16.0 Å². The maximum absolute atomic E-state index is 11.9. The summed E-state index contributed by atoms with van der Waals surface area (Å²) < 4.78 is 0. The summed E-state index contributed by atoms with van der Waals surface area (Å²) >= 11 is 0. The fraction of sp³-hybridized carbons (Fsp3) is 0.933. The van der Waals surface area contributed by atoms with Crippen LogP contribution in [0.2, 0.25) is 0 Å². The van der Waals surface area contributed by atoms with Crippen molar-refractivity contribution in [1.82, 2.24) is 16.0 Å². The second kappa shape index (κ2) is 8.54. The molecule has 1 aliphatic carbocycles. The lowest BCUT2D eigenvalue weighted by Crippen LogP contribution is -2.41. The minimum absolute atomic E-state index is 0.235. The summed E-state index contributed by atoms with van der Waals surface area (Å²) in [5, 5.41) is 9.96. The van der Waals surface area contributed by atoms with Gasteiger partial charge in [-0.25, -0.2) is 0 Å². The van der Waals surface area contributed by atoms with Crippen LogP contribution >= 0.6 is 0 Å². The molecule has 1 saturated heterocycles. The van der Waals surface area contributed by atoms with Gasteiger partial charge in [-0.3, -0.25) is 4.79 Å². The number of carbonyl (C=O) groups excluding carboxylic acids is 1. The van der Waals surface area contributed by atoms with Gasteiger partial charge in [0.05, 0.1) is 0 Å². The highest BCUT2D eigenvalue weighted by molar-refractivity contribution is 5.78. The van der Waals surface area contributed by atoms with Crippen LogP contribution in [0.5, 0.6) is 0 Å². The van der Waals surface area contributed by atoms with E-state index in [9.17, 15) is 4.79 Å². The predicted octanol–water partition coefficient (Wildman–Crippen LogP) is 1.41. The van der Waals surface area contributed by atoms with Crippen LogP contribution in [0.4, 0.5) is 0 Å². The van der Waals surface area contributed by atoms with E-state index in [0.717, 1.165) is 39.0 Å². The highest BCUT2D eigenvalue weighted by atomic mass is 16.1. The highest BCUT2D eigenvalue weighted by Crippen LogP contribution is 2.16. The molecule has 0 aromatic rings. The smallest absolute Gasteiger partial charge is 0.223 e. The molecule has 0 unspecified atom stereocenters. The molecule has 4 heteroatoms. The molecular weight excluding hydrogens is 238 g/mol. The van der Waals surface area contributed by atoms with E-state index in [0.29, 0.717) is 6.04 Å². The standard InChI is InChI=1S/C15H29N3O/c19-15(13-7-9-16-10-8-13)18-12-11-17-14-5-3-1-2-4-6-14/h13-14,16-17H,1-12H2,(H,18,19). The molecule has 0 radical (unpaired) electrons. The Morgan fingerprint density at radius 3 is 2.32 bits per heavy atom. The van der Waals surface area contributed by atoms with Crippen LogP contribution in [-0.4, -0.2) is 38.1 Å². The third kappa shape index (κ3) is 5.49. The zero-order chi connectivity index (χ0) is 13.3. The Morgan fingerprint density at radius 2 is 1.63 bits per heavy atom. The summed E-state index contributed by atoms with van der Waals surface area (Å²) in [6, 6.07) is 0.679. The van der Waals surface area contributed by atoms with E-state index in [1.54, 1.807) is 0 Å². The van der Waals surface area contributed by atoms with Crippen molar-refractivity contribution in [3.8, 4) is 0 Å². The first kappa shape index (κ1) is 14.8. The van der Waals surface area contributed by atoms with Gasteiger partial charge < -0.3 is 16.0 Å². The lowest BCUT2D eigenvalue weighted by atomic mass is 9.97. The Balaban J connectivity index is 1.54. The molecular formula is C15H29N3O. The molecule has 0 bridgehead atoms. The van der Waals surface area contributed by atoms with Crippen LogP contribution in [0.3, 0.4) is 0 Å². The van der Waals surface area contributed by atoms with Gasteiger partial charge in [0.1, 0.15) is 0 Å². The van der Waals surface area contributed by atoms with Crippen LogP contribution in [0.1, 0.15) is 51.4 Å². The van der Waals surface area contributed by atoms with E-state index in [-0.39, 0.29) is 11.8 Å². The number of rotatable bonds is 5. The van der Waals surface area contributed by atoms with Crippen molar-refractivity contribution in [1.29, 1.82) is 0 Å². The zero-order valence-electron chi connectivity index (χ0n) is 12.0. The van der Waals surface area contributed by atoms with Gasteiger partial charge in [-0.2, -0.15) is 0 Å². The third-order valence-corrected chi connectivity index (χ3v) is 4.42. The molecule has 19 heavy (non-hydrogen) atoms. The molecule has 2 rings (SSSR count). The van der Waals surface area contributed by atoms with E-state index < -0.39 is 0 Å². The Hall–Kier alpha value is -0.610. The molecule has 0 spiro atoms. The summed E-state index contributed by atoms with van der Waals surface area (Å²) in [5.41, 5.74) is 0. The molecule has 1 amide bonds. The quantitative estimate of drug-likeness (QED) is 0.521. The molecule has 0 aromatic heterocycles. The maximum Gasteiger partial charge on any atom is 0.223 e. The van der Waals surface area contributed by atoms with Crippen LogP contribution in [0, 0.1) is 5.92 Å². The number of carbonyl (C=O) groups is 1. The van der Waals surface area contributed by atoms with Gasteiger partial charge in [-0.1, -0.05) is 25.7 Å². The highest BCUT2D eigenvalue weighted by Gasteiger charge is 2.20. The Morgan fingerprint density at radius 1 is 0.947 bits per heavy atom. The van der Waals surface area contributed by atoms with Gasteiger partial charge in [-0.05, 0) is 38.8 Å². The van der Waals surface area contributed by atoms with Crippen LogP contribution in [-0.2, 0) is 4.79 Å². The predicted molar refractivity (Wildman–Crippen MR) is 78.1 cm³/mol. The SMILES string of the molecule is O=C(NCCNC1CCCCCC1)C1CCNCC1. The molecule has 1 heterocycles. The van der Waals surface area contributed by atoms with Gasteiger partial charge in [0.2, 0.25) is 5.91 Å². The molecule has 0 aromatic carbocycles. The summed E-state index contributed by atoms with van der Waals surface area (Å²) in [6.07, 6.45) is 10.1. The fourth-order valence-electron chi connectivity index (χ4n) is 3.17. The summed E-state index contributed by atoms with van der Waals surface area (Å²) in [7, 11) is 0. The number of hydrogen-bond acceptors (Lipinski definition) is 3. The number of nitrogens with one attached hydrogen (secondary N) is 3. The molecule has 110 valence electrons. The summed E-state index contributed by atoms with van der Waals surface area (Å²) in [5.74, 6) is 0.489. The van der Waals surface area contributed by atoms with Gasteiger partial charge in [0, 0.05) is 25.0 Å². The third-order valence-electron chi connectivity index (χ3n) is 4.42. The van der Waals surface area contributed by atoms with Crippen LogP contribution in [0.25, 0.3) is 0 Å². The Labute approximate surface area is 117 Å². The van der Waals surface area contributed by atoms with E-state index >= 15 is 0 Å². The average molecular weight is 267 g/mol. The molecule has 2 fully saturated rings. The van der Waals surface area contributed by atoms with Gasteiger partial charge in [0.25, 0.3) is 0 Å². The molecule has 2 aliphatic rings. The van der Waals surface area contributed by atoms with E-state index in [4.69, 9.17) is 0 Å². The maximum atomic E-state index is 11.9. The molecule has 4 nitrogen and oxygen atoms in total. The van der Waals surface area contributed by atoms with Crippen molar-refractivity contribution in [2.24, 2.45) is 5.92 Å². The second-order valence-electron chi connectivity index (χ2n) is 5.96. The largest absolute Gasteiger partial charge is 0.355 e. The van der Waals surface area contributed by atoms with Crippen molar-refractivity contribution >= 4 is 5.91 Å². The van der Waals surface area contributed by atoms with E-state index in [1.807, 2.05) is 0 Å². The lowest BCUT2D eigenvalue weighted by Gasteiger charge is -2.22. The van der Waals surface area contributed by atoms with Crippen molar-refractivity contribution < 1.29 is 4.79 Å². The first-order valence-corrected chi connectivity index (χ1v) is 8.08. The Bertz CT molecular complexity index is 256. The molecule has 3 N–H and O–H groups in total. The first-order chi connectivity index (χ1) is 9.36. The van der Waals surface area contributed by atoms with Gasteiger partial charge >= 0.3 is 0 Å². The Kier molecular flexibility index (Phi) is 6.65. The minimum Gasteiger partial charge on any atom is -0.355 e. The normalized spacial score (nSPS) is 22.9. The van der Waals surface area contributed by atoms with Crippen molar-refractivity contribution in [2.45, 2.75) is 57.4 Å². The van der Waals surface area contributed by atoms with Crippen LogP contribution < -0.4 is 16.0 Å². The fourth-order valence-corrected chi connectivity index (χ4v) is 3.17. The van der Waals surface area contributed by atoms with Crippen molar-refractivity contribution in [3.05, 3.63) is 0 Å². The summed E-state index contributed by atoms with van der Waals surface area (Å²) in [4.78, 5) is 11.9. The van der Waals surface area contributed by atoms with Crippen LogP contribution in [0.15, 0.2) is 0 Å². The summed E-state index contributed by atoms with van der Waals surface area (Å²) in [6.45, 7) is 3.66. The first-order valence-electron chi connectivity index (χ1n) is 8.08. The number of hydrogen-bond donors (Lipinski definition) is 3. The zero-order valence-corrected chi connectivity index (χ0v) is 12.0. The van der Waals surface area contributed by atoms with E-state index in [1.165, 1.54) is 38.5 Å². The topological polar surface area (TPSA) is 53.2 Å². The van der Waals surface area contributed by atoms with Crippen molar-refractivity contribution in [3.63, 3.8) is 0 Å². The number of piperidine rings is 1. The van der Waals surface area contributed by atoms with Crippen molar-refractivity contribution in [2.75, 3.05) is 26.2 Å². The van der Waals surface area contributed by atoms with Gasteiger partial charge in [-0.15, -0.1) is 0 Å². The molecule has 0 atom stereocenters. The molecule has 1 aliphatic heterocycles. The minimum atomic E-state index is 0.235. The lowest BCUT2D eigenvalue weighted by molar-refractivity contribution is -0.125. The van der Waals surface area contributed by atoms with Gasteiger partial charge in [0.15, 0.2) is 0 Å². The molecule has 1 saturated carbocycles. The second-order valence-corrected chi connectivity index (χ2v) is 5.96. The monoisotopic (exact) mass is 267 g/mol. The average Bonchev–Trinajstić information content (AvgIpc) is 2.73. The number of amides is 1.